The lowest BCUT2D eigenvalue weighted by Gasteiger charge is -2.05. The van der Waals surface area contributed by atoms with Gasteiger partial charge in [0.15, 0.2) is 0 Å². The van der Waals surface area contributed by atoms with Gasteiger partial charge in [0.2, 0.25) is 5.91 Å². The van der Waals surface area contributed by atoms with Gasteiger partial charge in [-0.15, -0.1) is 11.3 Å². The molecule has 0 bridgehead atoms. The van der Waals surface area contributed by atoms with Crippen LogP contribution < -0.4 is 5.32 Å². The lowest BCUT2D eigenvalue weighted by molar-refractivity contribution is -0.124. The maximum absolute atomic E-state index is 11.3. The summed E-state index contributed by atoms with van der Waals surface area (Å²) in [7, 11) is 1.51. The van der Waals surface area contributed by atoms with Crippen LogP contribution in [-0.4, -0.2) is 24.6 Å². The van der Waals surface area contributed by atoms with Crippen LogP contribution in [0.5, 0.6) is 0 Å². The van der Waals surface area contributed by atoms with Crippen molar-refractivity contribution in [3.63, 3.8) is 0 Å². The average molecular weight is 304 g/mol. The number of nitrogens with zero attached hydrogens (tertiary/aromatic N) is 1. The van der Waals surface area contributed by atoms with Crippen LogP contribution in [0.2, 0.25) is 0 Å². The summed E-state index contributed by atoms with van der Waals surface area (Å²) in [5.74, 6) is 0.341. The minimum atomic E-state index is -0.108. The molecule has 4 nitrogen and oxygen atoms in total. The maximum Gasteiger partial charge on any atom is 0.246 e. The third-order valence-electron chi connectivity index (χ3n) is 3.08. The van der Waals surface area contributed by atoms with Crippen LogP contribution in [0.1, 0.15) is 31.0 Å². The Morgan fingerprint density at radius 2 is 2.05 bits per heavy atom. The van der Waals surface area contributed by atoms with Gasteiger partial charge in [-0.3, -0.25) is 4.79 Å². The lowest BCUT2D eigenvalue weighted by atomic mass is 10.1. The van der Waals surface area contributed by atoms with Crippen LogP contribution in [0.3, 0.4) is 0 Å². The molecule has 0 aliphatic heterocycles. The molecule has 0 saturated carbocycles. The SMILES string of the molecule is COCC(=O)NCc1ccc(-c2nc(C(C)C)cs2)cc1. The van der Waals surface area contributed by atoms with Gasteiger partial charge in [-0.25, -0.2) is 4.98 Å². The Balaban J connectivity index is 1.99. The summed E-state index contributed by atoms with van der Waals surface area (Å²) < 4.78 is 4.77. The molecule has 0 atom stereocenters. The van der Waals surface area contributed by atoms with Crippen molar-refractivity contribution in [2.75, 3.05) is 13.7 Å². The monoisotopic (exact) mass is 304 g/mol. The van der Waals surface area contributed by atoms with Gasteiger partial charge in [0, 0.05) is 24.6 Å². The van der Waals surface area contributed by atoms with Crippen molar-refractivity contribution in [3.8, 4) is 10.6 Å². The lowest BCUT2D eigenvalue weighted by Crippen LogP contribution is -2.26. The Bertz CT molecular complexity index is 591. The Hall–Kier alpha value is -1.72. The van der Waals surface area contributed by atoms with Crippen molar-refractivity contribution in [2.45, 2.75) is 26.3 Å². The number of methoxy groups -OCH3 is 1. The molecule has 5 heteroatoms. The second-order valence-corrected chi connectivity index (χ2v) is 6.00. The molecule has 0 saturated heterocycles. The van der Waals surface area contributed by atoms with Gasteiger partial charge in [0.05, 0.1) is 5.69 Å². The van der Waals surface area contributed by atoms with Gasteiger partial charge in [0.25, 0.3) is 0 Å². The van der Waals surface area contributed by atoms with Crippen LogP contribution >= 0.6 is 11.3 Å². The van der Waals surface area contributed by atoms with E-state index in [-0.39, 0.29) is 12.5 Å². The fraction of sp³-hybridized carbons (Fsp3) is 0.375. The number of aromatic nitrogens is 1. The topological polar surface area (TPSA) is 51.2 Å². The van der Waals surface area contributed by atoms with Gasteiger partial charge in [-0.05, 0) is 11.5 Å². The number of thiazole rings is 1. The van der Waals surface area contributed by atoms with Crippen molar-refractivity contribution in [2.24, 2.45) is 0 Å². The van der Waals surface area contributed by atoms with Crippen LogP contribution in [0.4, 0.5) is 0 Å². The van der Waals surface area contributed by atoms with Crippen molar-refractivity contribution >= 4 is 17.2 Å². The second-order valence-electron chi connectivity index (χ2n) is 5.14. The molecule has 0 radical (unpaired) electrons. The molecular weight excluding hydrogens is 284 g/mol. The summed E-state index contributed by atoms with van der Waals surface area (Å²) in [5, 5.41) is 5.95. The molecule has 1 amide bonds. The number of ether oxygens (including phenoxy) is 1. The minimum absolute atomic E-state index is 0.0924. The molecule has 0 aliphatic carbocycles. The number of carbonyl (C=O) groups is 1. The van der Waals surface area contributed by atoms with Crippen LogP contribution in [0, 0.1) is 0 Å². The highest BCUT2D eigenvalue weighted by atomic mass is 32.1. The summed E-state index contributed by atoms with van der Waals surface area (Å²) in [6, 6.07) is 8.11. The van der Waals surface area contributed by atoms with Crippen molar-refractivity contribution in [1.82, 2.24) is 10.3 Å². The highest BCUT2D eigenvalue weighted by molar-refractivity contribution is 7.13. The first-order valence-electron chi connectivity index (χ1n) is 6.90. The number of amides is 1. The summed E-state index contributed by atoms with van der Waals surface area (Å²) in [6.07, 6.45) is 0. The summed E-state index contributed by atoms with van der Waals surface area (Å²) in [5.41, 5.74) is 3.30. The highest BCUT2D eigenvalue weighted by Crippen LogP contribution is 2.26. The van der Waals surface area contributed by atoms with E-state index in [9.17, 15) is 4.79 Å². The Kier molecular flexibility index (Phi) is 5.47. The molecule has 0 spiro atoms. The predicted molar refractivity (Wildman–Crippen MR) is 85.4 cm³/mol. The zero-order chi connectivity index (χ0) is 15.2. The van der Waals surface area contributed by atoms with E-state index in [1.807, 2.05) is 24.3 Å². The third kappa shape index (κ3) is 4.37. The summed E-state index contributed by atoms with van der Waals surface area (Å²) >= 11 is 1.66. The van der Waals surface area contributed by atoms with E-state index in [2.05, 4.69) is 29.5 Å². The predicted octanol–water partition coefficient (Wildman–Crippen LogP) is 3.20. The average Bonchev–Trinajstić information content (AvgIpc) is 2.96. The Morgan fingerprint density at radius 3 is 2.62 bits per heavy atom. The zero-order valence-electron chi connectivity index (χ0n) is 12.6. The molecule has 1 heterocycles. The molecule has 21 heavy (non-hydrogen) atoms. The molecule has 0 unspecified atom stereocenters. The van der Waals surface area contributed by atoms with Crippen LogP contribution in [0.25, 0.3) is 10.6 Å². The first-order valence-corrected chi connectivity index (χ1v) is 7.78. The van der Waals surface area contributed by atoms with Crippen molar-refractivity contribution < 1.29 is 9.53 Å². The highest BCUT2D eigenvalue weighted by Gasteiger charge is 2.07. The van der Waals surface area contributed by atoms with Crippen molar-refractivity contribution in [3.05, 3.63) is 40.9 Å². The van der Waals surface area contributed by atoms with Gasteiger partial charge in [0.1, 0.15) is 11.6 Å². The molecule has 0 aliphatic rings. The Morgan fingerprint density at radius 1 is 1.33 bits per heavy atom. The quantitative estimate of drug-likeness (QED) is 0.891. The standard InChI is InChI=1S/C16H20N2O2S/c1-11(2)14-10-21-16(18-14)13-6-4-12(5-7-13)8-17-15(19)9-20-3/h4-7,10-11H,8-9H2,1-3H3,(H,17,19). The fourth-order valence-electron chi connectivity index (χ4n) is 1.83. The molecule has 1 aromatic heterocycles. The fourth-order valence-corrected chi connectivity index (χ4v) is 2.82. The molecule has 2 rings (SSSR count). The van der Waals surface area contributed by atoms with E-state index in [4.69, 9.17) is 4.74 Å². The van der Waals surface area contributed by atoms with E-state index in [0.717, 1.165) is 21.8 Å². The number of rotatable bonds is 6. The number of hydrogen-bond acceptors (Lipinski definition) is 4. The number of carbonyl (C=O) groups excluding carboxylic acids is 1. The zero-order valence-corrected chi connectivity index (χ0v) is 13.4. The number of nitrogens with one attached hydrogen (secondary N) is 1. The minimum Gasteiger partial charge on any atom is -0.375 e. The second kappa shape index (κ2) is 7.33. The molecule has 1 aromatic carbocycles. The molecule has 2 aromatic rings. The van der Waals surface area contributed by atoms with E-state index >= 15 is 0 Å². The van der Waals surface area contributed by atoms with Gasteiger partial charge in [-0.1, -0.05) is 38.1 Å². The first kappa shape index (κ1) is 15.7. The largest absolute Gasteiger partial charge is 0.375 e. The maximum atomic E-state index is 11.3. The van der Waals surface area contributed by atoms with E-state index < -0.39 is 0 Å². The van der Waals surface area contributed by atoms with E-state index in [1.165, 1.54) is 7.11 Å². The first-order chi connectivity index (χ1) is 10.1. The summed E-state index contributed by atoms with van der Waals surface area (Å²) in [6.45, 7) is 4.89. The van der Waals surface area contributed by atoms with E-state index in [0.29, 0.717) is 12.5 Å². The van der Waals surface area contributed by atoms with Gasteiger partial charge < -0.3 is 10.1 Å². The van der Waals surface area contributed by atoms with Crippen molar-refractivity contribution in [1.29, 1.82) is 0 Å². The van der Waals surface area contributed by atoms with Gasteiger partial charge in [-0.2, -0.15) is 0 Å². The number of hydrogen-bond donors (Lipinski definition) is 1. The van der Waals surface area contributed by atoms with Gasteiger partial charge >= 0.3 is 0 Å². The molecule has 1 N–H and O–H groups in total. The number of benzene rings is 1. The molecule has 0 fully saturated rings. The van der Waals surface area contributed by atoms with Crippen LogP contribution in [-0.2, 0) is 16.1 Å². The van der Waals surface area contributed by atoms with E-state index in [1.54, 1.807) is 11.3 Å². The molecular formula is C16H20N2O2S. The van der Waals surface area contributed by atoms with Crippen LogP contribution in [0.15, 0.2) is 29.6 Å². The third-order valence-corrected chi connectivity index (χ3v) is 3.99. The normalized spacial score (nSPS) is 10.9. The summed E-state index contributed by atoms with van der Waals surface area (Å²) in [4.78, 5) is 16.0. The molecule has 112 valence electrons. The Labute approximate surface area is 129 Å². The smallest absolute Gasteiger partial charge is 0.246 e.